The van der Waals surface area contributed by atoms with Gasteiger partial charge in [-0.2, -0.15) is 0 Å². The fraction of sp³-hybridized carbons (Fsp3) is 0.429. The van der Waals surface area contributed by atoms with E-state index < -0.39 is 6.29 Å². The summed E-state index contributed by atoms with van der Waals surface area (Å²) in [4.78, 5) is 0. The maximum atomic E-state index is 9.46. The van der Waals surface area contributed by atoms with Crippen LogP contribution in [0.5, 0.6) is 0 Å². The topological polar surface area (TPSA) is 41.5 Å². The van der Waals surface area contributed by atoms with Crippen LogP contribution in [0.4, 0.5) is 5.69 Å². The Balaban J connectivity index is 1.84. The molecule has 1 aromatic carbocycles. The number of hydrogen-bond acceptors (Lipinski definition) is 3. The molecule has 1 aromatic rings. The van der Waals surface area contributed by atoms with Crippen molar-refractivity contribution in [2.75, 3.05) is 18.5 Å². The Kier molecular flexibility index (Phi) is 3.82. The molecule has 0 spiro atoms. The van der Waals surface area contributed by atoms with E-state index in [9.17, 15) is 5.11 Å². The Hall–Kier alpha value is -1.32. The third-order valence-electron chi connectivity index (χ3n) is 3.10. The number of ether oxygens (including phenoxy) is 1. The normalized spacial score (nSPS) is 19.5. The highest BCUT2D eigenvalue weighted by molar-refractivity contribution is 5.57. The van der Waals surface area contributed by atoms with Gasteiger partial charge in [0.1, 0.15) is 0 Å². The van der Waals surface area contributed by atoms with Crippen LogP contribution in [0.15, 0.2) is 36.4 Å². The Bertz CT molecular complexity index is 403. The lowest BCUT2D eigenvalue weighted by Gasteiger charge is -2.14. The molecule has 2 unspecified atom stereocenters. The summed E-state index contributed by atoms with van der Waals surface area (Å²) >= 11 is 0. The molecule has 0 aliphatic carbocycles. The smallest absolute Gasteiger partial charge is 0.176 e. The van der Waals surface area contributed by atoms with Crippen LogP contribution in [0.3, 0.4) is 0 Å². The number of aliphatic hydroxyl groups is 1. The first kappa shape index (κ1) is 12.1. The van der Waals surface area contributed by atoms with E-state index in [0.29, 0.717) is 18.1 Å². The number of aliphatic hydroxyl groups excluding tert-OH is 1. The molecule has 0 radical (unpaired) electrons. The zero-order chi connectivity index (χ0) is 12.3. The number of para-hydroxylation sites is 1. The molecule has 3 nitrogen and oxygen atoms in total. The maximum absolute atomic E-state index is 9.46. The number of benzene rings is 1. The van der Waals surface area contributed by atoms with E-state index in [4.69, 9.17) is 4.74 Å². The summed E-state index contributed by atoms with van der Waals surface area (Å²) in [5.74, 6) is 0.475. The standard InChI is InChI=1S/C14H19NO2/c1-10(2)14(16)17-8-7-11-9-15-13-6-4-3-5-12(11)13/h3-6,11,14-16H,1,7-9H2,2H3. The van der Waals surface area contributed by atoms with Gasteiger partial charge in [0.25, 0.3) is 0 Å². The summed E-state index contributed by atoms with van der Waals surface area (Å²) in [6.07, 6.45) is 0.0774. The molecular formula is C14H19NO2. The number of fused-ring (bicyclic) bond motifs is 1. The van der Waals surface area contributed by atoms with Crippen LogP contribution in [0, 0.1) is 0 Å². The summed E-state index contributed by atoms with van der Waals surface area (Å²) in [6.45, 7) is 6.92. The van der Waals surface area contributed by atoms with E-state index in [0.717, 1.165) is 13.0 Å². The van der Waals surface area contributed by atoms with Crippen molar-refractivity contribution < 1.29 is 9.84 Å². The van der Waals surface area contributed by atoms with Crippen LogP contribution < -0.4 is 5.32 Å². The largest absolute Gasteiger partial charge is 0.384 e. The highest BCUT2D eigenvalue weighted by Crippen LogP contribution is 2.33. The van der Waals surface area contributed by atoms with E-state index in [1.54, 1.807) is 6.92 Å². The summed E-state index contributed by atoms with van der Waals surface area (Å²) in [7, 11) is 0. The molecule has 0 saturated carbocycles. The summed E-state index contributed by atoms with van der Waals surface area (Å²) in [6, 6.07) is 8.34. The molecule has 2 N–H and O–H groups in total. The lowest BCUT2D eigenvalue weighted by molar-refractivity contribution is -0.0733. The molecule has 0 saturated heterocycles. The fourth-order valence-corrected chi connectivity index (χ4v) is 2.08. The second-order valence-corrected chi connectivity index (χ2v) is 4.52. The van der Waals surface area contributed by atoms with Gasteiger partial charge >= 0.3 is 0 Å². The summed E-state index contributed by atoms with van der Waals surface area (Å²) in [5, 5.41) is 12.8. The van der Waals surface area contributed by atoms with Crippen molar-refractivity contribution in [2.45, 2.75) is 25.6 Å². The predicted octanol–water partition coefficient (Wildman–Crippen LogP) is 2.50. The second-order valence-electron chi connectivity index (χ2n) is 4.52. The van der Waals surface area contributed by atoms with E-state index >= 15 is 0 Å². The van der Waals surface area contributed by atoms with Gasteiger partial charge in [0, 0.05) is 18.2 Å². The third kappa shape index (κ3) is 2.87. The van der Waals surface area contributed by atoms with Gasteiger partial charge in [0.2, 0.25) is 0 Å². The van der Waals surface area contributed by atoms with E-state index in [-0.39, 0.29) is 0 Å². The van der Waals surface area contributed by atoms with Gasteiger partial charge < -0.3 is 15.2 Å². The van der Waals surface area contributed by atoms with E-state index in [2.05, 4.69) is 30.1 Å². The van der Waals surface area contributed by atoms with E-state index in [1.165, 1.54) is 11.3 Å². The minimum atomic E-state index is -0.834. The van der Waals surface area contributed by atoms with Gasteiger partial charge in [-0.05, 0) is 30.5 Å². The first-order chi connectivity index (χ1) is 8.18. The zero-order valence-electron chi connectivity index (χ0n) is 10.1. The minimum absolute atomic E-state index is 0.475. The molecule has 2 atom stereocenters. The Morgan fingerprint density at radius 3 is 3.12 bits per heavy atom. The average Bonchev–Trinajstić information content (AvgIpc) is 2.72. The quantitative estimate of drug-likeness (QED) is 0.606. The van der Waals surface area contributed by atoms with Gasteiger partial charge in [-0.3, -0.25) is 0 Å². The van der Waals surface area contributed by atoms with Gasteiger partial charge in [-0.15, -0.1) is 0 Å². The van der Waals surface area contributed by atoms with Crippen LogP contribution in [0.25, 0.3) is 0 Å². The lowest BCUT2D eigenvalue weighted by Crippen LogP contribution is -2.15. The number of rotatable bonds is 5. The number of anilines is 1. The van der Waals surface area contributed by atoms with Crippen molar-refractivity contribution in [1.29, 1.82) is 0 Å². The fourth-order valence-electron chi connectivity index (χ4n) is 2.08. The van der Waals surface area contributed by atoms with Crippen molar-refractivity contribution in [2.24, 2.45) is 0 Å². The third-order valence-corrected chi connectivity index (χ3v) is 3.10. The van der Waals surface area contributed by atoms with Crippen LogP contribution >= 0.6 is 0 Å². The van der Waals surface area contributed by atoms with Gasteiger partial charge in [-0.1, -0.05) is 24.8 Å². The van der Waals surface area contributed by atoms with Crippen molar-refractivity contribution in [3.05, 3.63) is 42.0 Å². The van der Waals surface area contributed by atoms with Gasteiger partial charge in [0.15, 0.2) is 6.29 Å². The minimum Gasteiger partial charge on any atom is -0.384 e. The second kappa shape index (κ2) is 5.34. The Labute approximate surface area is 102 Å². The van der Waals surface area contributed by atoms with Crippen LogP contribution in [0.1, 0.15) is 24.8 Å². The Morgan fingerprint density at radius 1 is 1.59 bits per heavy atom. The van der Waals surface area contributed by atoms with Crippen molar-refractivity contribution in [1.82, 2.24) is 0 Å². The van der Waals surface area contributed by atoms with Crippen LogP contribution in [-0.2, 0) is 4.74 Å². The van der Waals surface area contributed by atoms with Gasteiger partial charge in [0.05, 0.1) is 6.61 Å². The van der Waals surface area contributed by atoms with Crippen LogP contribution in [-0.4, -0.2) is 24.5 Å². The first-order valence-electron chi connectivity index (χ1n) is 5.96. The van der Waals surface area contributed by atoms with Gasteiger partial charge in [-0.25, -0.2) is 0 Å². The predicted molar refractivity (Wildman–Crippen MR) is 69.1 cm³/mol. The Morgan fingerprint density at radius 2 is 2.35 bits per heavy atom. The average molecular weight is 233 g/mol. The summed E-state index contributed by atoms with van der Waals surface area (Å²) < 4.78 is 5.31. The molecule has 17 heavy (non-hydrogen) atoms. The van der Waals surface area contributed by atoms with Crippen molar-refractivity contribution >= 4 is 5.69 Å². The monoisotopic (exact) mass is 233 g/mol. The van der Waals surface area contributed by atoms with Crippen molar-refractivity contribution in [3.8, 4) is 0 Å². The first-order valence-corrected chi connectivity index (χ1v) is 5.96. The summed E-state index contributed by atoms with van der Waals surface area (Å²) in [5.41, 5.74) is 3.22. The molecule has 0 fully saturated rings. The number of nitrogens with one attached hydrogen (secondary N) is 1. The van der Waals surface area contributed by atoms with Crippen LogP contribution in [0.2, 0.25) is 0 Å². The molecular weight excluding hydrogens is 214 g/mol. The zero-order valence-corrected chi connectivity index (χ0v) is 10.1. The van der Waals surface area contributed by atoms with Crippen molar-refractivity contribution in [3.63, 3.8) is 0 Å². The SMILES string of the molecule is C=C(C)C(O)OCCC1CNc2ccccc21. The highest BCUT2D eigenvalue weighted by atomic mass is 16.6. The highest BCUT2D eigenvalue weighted by Gasteiger charge is 2.21. The van der Waals surface area contributed by atoms with E-state index in [1.807, 2.05) is 6.07 Å². The molecule has 1 heterocycles. The molecule has 1 aliphatic rings. The lowest BCUT2D eigenvalue weighted by atomic mass is 9.98. The molecule has 0 amide bonds. The molecule has 3 heteroatoms. The molecule has 0 aromatic heterocycles. The number of hydrogen-bond donors (Lipinski definition) is 2. The maximum Gasteiger partial charge on any atom is 0.176 e. The molecule has 2 rings (SSSR count). The molecule has 1 aliphatic heterocycles. The molecule has 0 bridgehead atoms. The molecule has 92 valence electrons.